The molecule has 2 unspecified atom stereocenters. The number of unbranched alkanes of at least 4 members (excludes halogenated alkanes) is 35. The number of carbonyl (C=O) groups is 3. The summed E-state index contributed by atoms with van der Waals surface area (Å²) in [4.78, 5) is 37.2. The van der Waals surface area contributed by atoms with E-state index in [9.17, 15) is 19.5 Å². The van der Waals surface area contributed by atoms with Crippen molar-refractivity contribution in [1.29, 1.82) is 0 Å². The van der Waals surface area contributed by atoms with Crippen LogP contribution < -0.4 is 5.11 Å². The molecule has 0 aromatic heterocycles. The third-order valence-electron chi connectivity index (χ3n) is 13.3. The molecule has 0 aliphatic rings. The van der Waals surface area contributed by atoms with E-state index < -0.39 is 18.1 Å². The van der Waals surface area contributed by atoms with Crippen LogP contribution in [0.15, 0.2) is 24.3 Å². The summed E-state index contributed by atoms with van der Waals surface area (Å²) in [5.41, 5.74) is 0. The SMILES string of the molecule is CCCCCCC/C=C\C/C=C\CCCCCCCCCCCC(=O)OC(COCCC(C(=O)[O-])[N+](C)(C)C)COC(=O)CCCCCCCCCCCCCCCCCCCCCCCC. The molecule has 0 N–H and O–H groups in total. The lowest BCUT2D eigenvalue weighted by Gasteiger charge is -2.34. The summed E-state index contributed by atoms with van der Waals surface area (Å²) in [6.07, 6.45) is 59.3. The van der Waals surface area contributed by atoms with Gasteiger partial charge in [0.25, 0.3) is 0 Å². The Balaban J connectivity index is 4.14. The van der Waals surface area contributed by atoms with E-state index in [1.807, 2.05) is 21.1 Å². The molecule has 0 bridgehead atoms. The Morgan fingerprint density at radius 2 is 0.791 bits per heavy atom. The fraction of sp³-hybridized carbons (Fsp3) is 0.881. The van der Waals surface area contributed by atoms with Crippen LogP contribution in [0.5, 0.6) is 0 Å². The second-order valence-electron chi connectivity index (χ2n) is 20.9. The van der Waals surface area contributed by atoms with Crippen molar-refractivity contribution in [2.75, 3.05) is 41.0 Å². The lowest BCUT2D eigenvalue weighted by molar-refractivity contribution is -0.889. The smallest absolute Gasteiger partial charge is 0.306 e. The predicted molar refractivity (Wildman–Crippen MR) is 282 cm³/mol. The van der Waals surface area contributed by atoms with Gasteiger partial charge in [-0.3, -0.25) is 9.59 Å². The third-order valence-corrected chi connectivity index (χ3v) is 13.3. The number of esters is 2. The number of aliphatic carboxylic acids is 1. The van der Waals surface area contributed by atoms with Crippen molar-refractivity contribution in [3.63, 3.8) is 0 Å². The molecule has 67 heavy (non-hydrogen) atoms. The standard InChI is InChI=1S/C59H111NO7/c1-6-8-10-12-14-16-18-20-22-24-26-28-30-31-33-35-37-39-41-43-45-47-49-57(61)66-54-55(53-65-52-51-56(59(63)64)60(3,4)5)67-58(62)50-48-46-44-42-40-38-36-34-32-29-27-25-23-21-19-17-15-13-11-9-7-2/h19,21,25,27,55-56H,6-18,20,22-24,26,28-54H2,1-5H3/b21-19-,27-25-. The zero-order valence-corrected chi connectivity index (χ0v) is 45.1. The quantitative estimate of drug-likeness (QED) is 0.0259. The number of nitrogens with zero attached hydrogens (tertiary/aromatic N) is 1. The zero-order valence-electron chi connectivity index (χ0n) is 45.1. The highest BCUT2D eigenvalue weighted by molar-refractivity contribution is 5.70. The van der Waals surface area contributed by atoms with Gasteiger partial charge in [-0.05, 0) is 44.9 Å². The zero-order chi connectivity index (χ0) is 49.2. The maximum Gasteiger partial charge on any atom is 0.306 e. The minimum absolute atomic E-state index is 0.0439. The van der Waals surface area contributed by atoms with Crippen LogP contribution in [-0.2, 0) is 28.6 Å². The fourth-order valence-corrected chi connectivity index (χ4v) is 8.87. The Bertz CT molecular complexity index is 1150. The molecule has 0 saturated carbocycles. The number of allylic oxidation sites excluding steroid dienone is 4. The van der Waals surface area contributed by atoms with E-state index >= 15 is 0 Å². The second kappa shape index (κ2) is 50.2. The van der Waals surface area contributed by atoms with Crippen LogP contribution in [0, 0.1) is 0 Å². The number of carboxylic acids is 1. The average molecular weight is 947 g/mol. The van der Waals surface area contributed by atoms with Gasteiger partial charge < -0.3 is 28.6 Å². The number of rotatable bonds is 53. The van der Waals surface area contributed by atoms with Crippen LogP contribution in [-0.4, -0.2) is 75.5 Å². The average Bonchev–Trinajstić information content (AvgIpc) is 3.29. The normalized spacial score (nSPS) is 12.9. The van der Waals surface area contributed by atoms with Gasteiger partial charge in [0.2, 0.25) is 0 Å². The Morgan fingerprint density at radius 1 is 0.448 bits per heavy atom. The van der Waals surface area contributed by atoms with Gasteiger partial charge in [-0.15, -0.1) is 0 Å². The van der Waals surface area contributed by atoms with E-state index in [0.29, 0.717) is 12.8 Å². The van der Waals surface area contributed by atoms with Gasteiger partial charge in [-0.1, -0.05) is 244 Å². The van der Waals surface area contributed by atoms with Gasteiger partial charge in [-0.25, -0.2) is 0 Å². The molecule has 8 nitrogen and oxygen atoms in total. The van der Waals surface area contributed by atoms with Crippen molar-refractivity contribution in [2.45, 2.75) is 296 Å². The fourth-order valence-electron chi connectivity index (χ4n) is 8.87. The van der Waals surface area contributed by atoms with Crippen LogP contribution in [0.4, 0.5) is 0 Å². The van der Waals surface area contributed by atoms with Crippen molar-refractivity contribution < 1.29 is 38.2 Å². The van der Waals surface area contributed by atoms with Gasteiger partial charge in [0.15, 0.2) is 6.10 Å². The van der Waals surface area contributed by atoms with Crippen molar-refractivity contribution in [3.8, 4) is 0 Å². The summed E-state index contributed by atoms with van der Waals surface area (Å²) < 4.78 is 17.3. The molecule has 0 aliphatic carbocycles. The number of hydrogen-bond donors (Lipinski definition) is 0. The topological polar surface area (TPSA) is 102 Å². The molecule has 0 fully saturated rings. The molecule has 0 saturated heterocycles. The molecule has 0 aromatic rings. The maximum absolute atomic E-state index is 12.8. The minimum atomic E-state index is -1.12. The molecule has 0 aliphatic heterocycles. The van der Waals surface area contributed by atoms with Gasteiger partial charge in [0.1, 0.15) is 12.6 Å². The monoisotopic (exact) mass is 946 g/mol. The van der Waals surface area contributed by atoms with Crippen molar-refractivity contribution >= 4 is 17.9 Å². The van der Waals surface area contributed by atoms with Crippen LogP contribution >= 0.6 is 0 Å². The first-order chi connectivity index (χ1) is 32.6. The highest BCUT2D eigenvalue weighted by atomic mass is 16.6. The van der Waals surface area contributed by atoms with Gasteiger partial charge in [0, 0.05) is 19.3 Å². The van der Waals surface area contributed by atoms with Crippen LogP contribution in [0.2, 0.25) is 0 Å². The molecular weight excluding hydrogens is 835 g/mol. The summed E-state index contributed by atoms with van der Waals surface area (Å²) in [6.45, 7) is 4.71. The van der Waals surface area contributed by atoms with Crippen molar-refractivity contribution in [2.24, 2.45) is 0 Å². The highest BCUT2D eigenvalue weighted by Crippen LogP contribution is 2.17. The molecule has 0 amide bonds. The van der Waals surface area contributed by atoms with Crippen LogP contribution in [0.3, 0.4) is 0 Å². The third kappa shape index (κ3) is 48.6. The Labute approximate surface area is 415 Å². The first kappa shape index (κ1) is 64.8. The van der Waals surface area contributed by atoms with Gasteiger partial charge in [0.05, 0.1) is 40.3 Å². The summed E-state index contributed by atoms with van der Waals surface area (Å²) in [5, 5.41) is 11.7. The van der Waals surface area contributed by atoms with Crippen LogP contribution in [0.25, 0.3) is 0 Å². The molecule has 0 heterocycles. The largest absolute Gasteiger partial charge is 0.544 e. The van der Waals surface area contributed by atoms with Crippen LogP contribution in [0.1, 0.15) is 284 Å². The van der Waals surface area contributed by atoms with E-state index in [-0.39, 0.29) is 42.7 Å². The lowest BCUT2D eigenvalue weighted by atomic mass is 10.0. The summed E-state index contributed by atoms with van der Waals surface area (Å²) in [5.74, 6) is -1.72. The van der Waals surface area contributed by atoms with E-state index in [2.05, 4.69) is 38.2 Å². The lowest BCUT2D eigenvalue weighted by Crippen LogP contribution is -2.55. The molecular formula is C59H111NO7. The second-order valence-corrected chi connectivity index (χ2v) is 20.9. The van der Waals surface area contributed by atoms with E-state index in [1.165, 1.54) is 205 Å². The molecule has 0 rings (SSSR count). The first-order valence-corrected chi connectivity index (χ1v) is 28.9. The van der Waals surface area contributed by atoms with Crippen molar-refractivity contribution in [3.05, 3.63) is 24.3 Å². The number of carboxylic acid groups (broad SMARTS) is 1. The van der Waals surface area contributed by atoms with E-state index in [1.54, 1.807) is 0 Å². The highest BCUT2D eigenvalue weighted by Gasteiger charge is 2.25. The molecule has 0 aromatic carbocycles. The molecule has 2 atom stereocenters. The van der Waals surface area contributed by atoms with Gasteiger partial charge in [-0.2, -0.15) is 0 Å². The molecule has 0 spiro atoms. The molecule has 0 radical (unpaired) electrons. The van der Waals surface area contributed by atoms with Gasteiger partial charge >= 0.3 is 11.9 Å². The molecule has 394 valence electrons. The Morgan fingerprint density at radius 3 is 1.15 bits per heavy atom. The Hall–Kier alpha value is -2.19. The summed E-state index contributed by atoms with van der Waals surface area (Å²) in [7, 11) is 5.43. The number of likely N-dealkylation sites (N-methyl/N-ethyl adjacent to an activating group) is 1. The molecule has 8 heteroatoms. The minimum Gasteiger partial charge on any atom is -0.544 e. The summed E-state index contributed by atoms with van der Waals surface area (Å²) >= 11 is 0. The predicted octanol–water partition coefficient (Wildman–Crippen LogP) is 15.8. The Kier molecular flexibility index (Phi) is 48.6. The number of ether oxygens (including phenoxy) is 3. The maximum atomic E-state index is 12.8. The van der Waals surface area contributed by atoms with E-state index in [4.69, 9.17) is 14.2 Å². The van der Waals surface area contributed by atoms with E-state index in [0.717, 1.165) is 44.9 Å². The number of hydrogen-bond acceptors (Lipinski definition) is 7. The summed E-state index contributed by atoms with van der Waals surface area (Å²) in [6, 6.07) is -0.725. The first-order valence-electron chi connectivity index (χ1n) is 28.9. The number of quaternary nitrogens is 1. The van der Waals surface area contributed by atoms with Crippen molar-refractivity contribution in [1.82, 2.24) is 0 Å². The number of carbonyl (C=O) groups excluding carboxylic acids is 3.